The van der Waals surface area contributed by atoms with Crippen LogP contribution in [0.3, 0.4) is 0 Å². The Bertz CT molecular complexity index is 1190. The average Bonchev–Trinajstić information content (AvgIpc) is 3.09. The molecule has 1 saturated heterocycles. The quantitative estimate of drug-likeness (QED) is 0.222. The van der Waals surface area contributed by atoms with Crippen molar-refractivity contribution in [1.82, 2.24) is 4.90 Å². The predicted octanol–water partition coefficient (Wildman–Crippen LogP) is 5.78. The van der Waals surface area contributed by atoms with Crippen LogP contribution in [0, 0.1) is 0 Å². The number of thioether (sulfide) groups is 1. The van der Waals surface area contributed by atoms with Crippen molar-refractivity contribution in [2.45, 2.75) is 0 Å². The van der Waals surface area contributed by atoms with E-state index in [1.54, 1.807) is 54.6 Å². The molecule has 33 heavy (non-hydrogen) atoms. The Morgan fingerprint density at radius 1 is 0.909 bits per heavy atom. The molecule has 0 spiro atoms. The van der Waals surface area contributed by atoms with Crippen LogP contribution in [-0.4, -0.2) is 35.2 Å². The summed E-state index contributed by atoms with van der Waals surface area (Å²) in [6.45, 7) is 0.385. The van der Waals surface area contributed by atoms with Crippen LogP contribution in [0.2, 0.25) is 0 Å². The standard InChI is InChI=1S/C25H18BrNO5S/c26-19-10-8-18(9-11-19)24(29)32-21-12-6-17(7-13-21)16-22-23(28)27(25(30)33-22)14-15-31-20-4-2-1-3-5-20/h1-13,16H,14-15H2/b22-16-. The molecule has 0 aromatic heterocycles. The maximum Gasteiger partial charge on any atom is 0.343 e. The fourth-order valence-electron chi connectivity index (χ4n) is 3.00. The monoisotopic (exact) mass is 523 g/mol. The van der Waals surface area contributed by atoms with Gasteiger partial charge >= 0.3 is 5.97 Å². The maximum absolute atomic E-state index is 12.6. The van der Waals surface area contributed by atoms with E-state index in [1.807, 2.05) is 30.3 Å². The van der Waals surface area contributed by atoms with Gasteiger partial charge in [-0.25, -0.2) is 4.79 Å². The predicted molar refractivity (Wildman–Crippen MR) is 130 cm³/mol. The fraction of sp³-hybridized carbons (Fsp3) is 0.0800. The molecule has 0 saturated carbocycles. The van der Waals surface area contributed by atoms with E-state index in [-0.39, 0.29) is 24.3 Å². The Morgan fingerprint density at radius 3 is 2.30 bits per heavy atom. The van der Waals surface area contributed by atoms with E-state index >= 15 is 0 Å². The number of hydrogen-bond donors (Lipinski definition) is 0. The van der Waals surface area contributed by atoms with E-state index in [1.165, 1.54) is 4.90 Å². The zero-order valence-corrected chi connectivity index (χ0v) is 19.7. The lowest BCUT2D eigenvalue weighted by Gasteiger charge is -2.13. The number of esters is 1. The van der Waals surface area contributed by atoms with Gasteiger partial charge in [0, 0.05) is 4.47 Å². The highest BCUT2D eigenvalue weighted by Crippen LogP contribution is 2.32. The number of rotatable bonds is 7. The van der Waals surface area contributed by atoms with Gasteiger partial charge in [0.05, 0.1) is 17.0 Å². The molecule has 0 bridgehead atoms. The van der Waals surface area contributed by atoms with Gasteiger partial charge in [-0.05, 0) is 71.9 Å². The van der Waals surface area contributed by atoms with E-state index in [4.69, 9.17) is 9.47 Å². The van der Waals surface area contributed by atoms with Crippen molar-refractivity contribution in [2.24, 2.45) is 0 Å². The number of carbonyl (C=O) groups is 3. The van der Waals surface area contributed by atoms with E-state index in [9.17, 15) is 14.4 Å². The lowest BCUT2D eigenvalue weighted by molar-refractivity contribution is -0.123. The van der Waals surface area contributed by atoms with Gasteiger partial charge in [-0.3, -0.25) is 14.5 Å². The van der Waals surface area contributed by atoms with E-state index in [0.29, 0.717) is 27.5 Å². The number of para-hydroxylation sites is 1. The van der Waals surface area contributed by atoms with Crippen LogP contribution in [0.4, 0.5) is 4.79 Å². The summed E-state index contributed by atoms with van der Waals surface area (Å²) in [7, 11) is 0. The Kier molecular flexibility index (Phi) is 7.26. The van der Waals surface area contributed by atoms with Crippen LogP contribution < -0.4 is 9.47 Å². The van der Waals surface area contributed by atoms with Crippen LogP contribution in [0.25, 0.3) is 6.08 Å². The smallest absolute Gasteiger partial charge is 0.343 e. The van der Waals surface area contributed by atoms with Gasteiger partial charge in [0.1, 0.15) is 18.1 Å². The molecule has 0 aliphatic carbocycles. The maximum atomic E-state index is 12.6. The van der Waals surface area contributed by atoms with E-state index in [0.717, 1.165) is 16.2 Å². The van der Waals surface area contributed by atoms with Gasteiger partial charge in [-0.15, -0.1) is 0 Å². The summed E-state index contributed by atoms with van der Waals surface area (Å²) in [5.74, 6) is 0.244. The van der Waals surface area contributed by atoms with Crippen LogP contribution >= 0.6 is 27.7 Å². The number of halogens is 1. The molecule has 1 heterocycles. The molecule has 0 radical (unpaired) electrons. The first kappa shape index (κ1) is 22.8. The molecule has 3 aromatic carbocycles. The number of imide groups is 1. The minimum absolute atomic E-state index is 0.168. The normalized spacial score (nSPS) is 14.6. The third kappa shape index (κ3) is 5.91. The second-order valence-corrected chi connectivity index (χ2v) is 8.87. The van der Waals surface area contributed by atoms with Gasteiger partial charge in [0.25, 0.3) is 11.1 Å². The minimum Gasteiger partial charge on any atom is -0.492 e. The van der Waals surface area contributed by atoms with Crippen molar-refractivity contribution in [1.29, 1.82) is 0 Å². The second kappa shape index (κ2) is 10.5. The molecule has 0 atom stereocenters. The average molecular weight is 524 g/mol. The van der Waals surface area contributed by atoms with Crippen molar-refractivity contribution in [3.63, 3.8) is 0 Å². The lowest BCUT2D eigenvalue weighted by atomic mass is 10.2. The third-order valence-corrected chi connectivity index (χ3v) is 6.10. The molecular weight excluding hydrogens is 506 g/mol. The zero-order valence-electron chi connectivity index (χ0n) is 17.3. The summed E-state index contributed by atoms with van der Waals surface area (Å²) in [5, 5.41) is -0.331. The summed E-state index contributed by atoms with van der Waals surface area (Å²) in [5.41, 5.74) is 1.15. The SMILES string of the molecule is O=C(Oc1ccc(/C=C2\SC(=O)N(CCOc3ccccc3)C2=O)cc1)c1ccc(Br)cc1. The molecule has 0 unspecified atom stereocenters. The zero-order chi connectivity index (χ0) is 23.2. The number of carbonyl (C=O) groups excluding carboxylic acids is 3. The molecule has 2 amide bonds. The van der Waals surface area contributed by atoms with E-state index < -0.39 is 5.97 Å². The van der Waals surface area contributed by atoms with Crippen molar-refractivity contribution in [3.05, 3.63) is 99.4 Å². The van der Waals surface area contributed by atoms with Gasteiger partial charge in [0.15, 0.2) is 0 Å². The first-order valence-corrected chi connectivity index (χ1v) is 11.6. The molecular formula is C25H18BrNO5S. The molecule has 3 aromatic rings. The van der Waals surface area contributed by atoms with Crippen molar-refractivity contribution in [3.8, 4) is 11.5 Å². The molecule has 1 fully saturated rings. The number of ether oxygens (including phenoxy) is 2. The molecule has 8 heteroatoms. The highest BCUT2D eigenvalue weighted by Gasteiger charge is 2.34. The van der Waals surface area contributed by atoms with Gasteiger partial charge in [-0.1, -0.05) is 46.3 Å². The second-order valence-electron chi connectivity index (χ2n) is 6.96. The third-order valence-electron chi connectivity index (χ3n) is 4.67. The van der Waals surface area contributed by atoms with Gasteiger partial charge in [0.2, 0.25) is 0 Å². The molecule has 4 rings (SSSR count). The van der Waals surface area contributed by atoms with E-state index in [2.05, 4.69) is 15.9 Å². The summed E-state index contributed by atoms with van der Waals surface area (Å²) >= 11 is 4.22. The Balaban J connectivity index is 1.35. The van der Waals surface area contributed by atoms with Crippen molar-refractivity contribution in [2.75, 3.05) is 13.2 Å². The highest BCUT2D eigenvalue weighted by molar-refractivity contribution is 9.10. The summed E-state index contributed by atoms with van der Waals surface area (Å²) in [6.07, 6.45) is 1.64. The summed E-state index contributed by atoms with van der Waals surface area (Å²) in [6, 6.07) is 22.8. The van der Waals surface area contributed by atoms with Crippen LogP contribution in [0.5, 0.6) is 11.5 Å². The molecule has 0 N–H and O–H groups in total. The topological polar surface area (TPSA) is 72.9 Å². The van der Waals surface area contributed by atoms with Gasteiger partial charge in [-0.2, -0.15) is 0 Å². The van der Waals surface area contributed by atoms with Crippen LogP contribution in [-0.2, 0) is 4.79 Å². The van der Waals surface area contributed by atoms with Crippen LogP contribution in [0.15, 0.2) is 88.2 Å². The van der Waals surface area contributed by atoms with Crippen LogP contribution in [0.1, 0.15) is 15.9 Å². The number of nitrogens with zero attached hydrogens (tertiary/aromatic N) is 1. The number of amides is 2. The Morgan fingerprint density at radius 2 is 1.61 bits per heavy atom. The molecule has 1 aliphatic rings. The van der Waals surface area contributed by atoms with Crippen molar-refractivity contribution < 1.29 is 23.9 Å². The Hall–Kier alpha value is -3.36. The minimum atomic E-state index is -0.464. The Labute approximate surface area is 203 Å². The summed E-state index contributed by atoms with van der Waals surface area (Å²) < 4.78 is 11.8. The fourth-order valence-corrected chi connectivity index (χ4v) is 4.13. The molecule has 1 aliphatic heterocycles. The van der Waals surface area contributed by atoms with Gasteiger partial charge < -0.3 is 9.47 Å². The molecule has 166 valence electrons. The highest BCUT2D eigenvalue weighted by atomic mass is 79.9. The lowest BCUT2D eigenvalue weighted by Crippen LogP contribution is -2.32. The number of benzene rings is 3. The first-order chi connectivity index (χ1) is 16.0. The first-order valence-electron chi connectivity index (χ1n) is 10.0. The molecule has 6 nitrogen and oxygen atoms in total. The van der Waals surface area contributed by atoms with Crippen molar-refractivity contribution >= 4 is 50.9 Å². The summed E-state index contributed by atoms with van der Waals surface area (Å²) in [4.78, 5) is 38.7. The largest absolute Gasteiger partial charge is 0.492 e. The number of hydrogen-bond acceptors (Lipinski definition) is 6.